The number of aryl methyl sites for hydroxylation is 1. The molecule has 2 N–H and O–H groups in total. The van der Waals surface area contributed by atoms with E-state index in [1.54, 1.807) is 18.3 Å². The number of carbonyl (C=O) groups is 1. The number of aromatic nitrogens is 1. The van der Waals surface area contributed by atoms with E-state index in [2.05, 4.69) is 33.2 Å². The third-order valence-electron chi connectivity index (χ3n) is 3.08. The number of hydrogen-bond donors (Lipinski definition) is 2. The summed E-state index contributed by atoms with van der Waals surface area (Å²) in [5.41, 5.74) is 3.67. The molecule has 2 rings (SSSR count). The minimum absolute atomic E-state index is 0.281. The van der Waals surface area contributed by atoms with Crippen molar-refractivity contribution in [2.75, 3.05) is 0 Å². The van der Waals surface area contributed by atoms with Crippen molar-refractivity contribution in [3.05, 3.63) is 63.4 Å². The van der Waals surface area contributed by atoms with Crippen LogP contribution < -0.4 is 5.32 Å². The molecular formula is C15H15BrN2O2. The Hall–Kier alpha value is -1.72. The number of nitrogens with zero attached hydrogens (tertiary/aromatic N) is 1. The van der Waals surface area contributed by atoms with E-state index < -0.39 is 5.97 Å². The average Bonchev–Trinajstić information content (AvgIpc) is 2.42. The first-order valence-corrected chi connectivity index (χ1v) is 6.99. The van der Waals surface area contributed by atoms with Crippen LogP contribution >= 0.6 is 15.9 Å². The van der Waals surface area contributed by atoms with Crippen molar-refractivity contribution in [3.63, 3.8) is 0 Å². The van der Waals surface area contributed by atoms with Gasteiger partial charge >= 0.3 is 5.97 Å². The van der Waals surface area contributed by atoms with E-state index in [4.69, 9.17) is 5.11 Å². The van der Waals surface area contributed by atoms with Gasteiger partial charge in [0.15, 0.2) is 0 Å². The van der Waals surface area contributed by atoms with Crippen LogP contribution in [0, 0.1) is 6.92 Å². The number of nitrogens with one attached hydrogen (secondary N) is 1. The van der Waals surface area contributed by atoms with Crippen LogP contribution in [0.5, 0.6) is 0 Å². The van der Waals surface area contributed by atoms with Gasteiger partial charge in [0.2, 0.25) is 0 Å². The smallest absolute Gasteiger partial charge is 0.335 e. The minimum atomic E-state index is -0.920. The lowest BCUT2D eigenvalue weighted by molar-refractivity contribution is 0.0697. The highest BCUT2D eigenvalue weighted by Gasteiger charge is 2.06. The summed E-state index contributed by atoms with van der Waals surface area (Å²) in [5.74, 6) is -0.920. The van der Waals surface area contributed by atoms with Crippen molar-refractivity contribution in [2.45, 2.75) is 20.0 Å². The predicted molar refractivity (Wildman–Crippen MR) is 80.6 cm³/mol. The summed E-state index contributed by atoms with van der Waals surface area (Å²) in [5, 5.41) is 12.2. The summed E-state index contributed by atoms with van der Waals surface area (Å²) < 4.78 is 0.799. The van der Waals surface area contributed by atoms with E-state index in [0.717, 1.165) is 22.1 Å². The molecule has 20 heavy (non-hydrogen) atoms. The summed E-state index contributed by atoms with van der Waals surface area (Å²) in [7, 11) is 0. The van der Waals surface area contributed by atoms with E-state index in [1.807, 2.05) is 18.3 Å². The fraction of sp³-hybridized carbons (Fsp3) is 0.200. The lowest BCUT2D eigenvalue weighted by atomic mass is 10.1. The van der Waals surface area contributed by atoms with Gasteiger partial charge in [0.25, 0.3) is 0 Å². The fourth-order valence-corrected chi connectivity index (χ4v) is 2.36. The SMILES string of the molecule is Cc1ccncc1CNCc1ccc(C(=O)O)cc1Br. The van der Waals surface area contributed by atoms with Gasteiger partial charge in [-0.2, -0.15) is 0 Å². The van der Waals surface area contributed by atoms with Gasteiger partial charge in [-0.05, 0) is 41.8 Å². The molecule has 1 aromatic carbocycles. The van der Waals surface area contributed by atoms with Crippen molar-refractivity contribution < 1.29 is 9.90 Å². The molecule has 0 atom stereocenters. The maximum Gasteiger partial charge on any atom is 0.335 e. The van der Waals surface area contributed by atoms with Gasteiger partial charge in [0.1, 0.15) is 0 Å². The molecule has 0 fully saturated rings. The number of aromatic carboxylic acids is 1. The first-order valence-electron chi connectivity index (χ1n) is 6.20. The molecule has 1 heterocycles. The topological polar surface area (TPSA) is 62.2 Å². The van der Waals surface area contributed by atoms with Crippen LogP contribution in [0.25, 0.3) is 0 Å². The van der Waals surface area contributed by atoms with Gasteiger partial charge in [-0.3, -0.25) is 4.98 Å². The lowest BCUT2D eigenvalue weighted by Gasteiger charge is -2.09. The zero-order valence-electron chi connectivity index (χ0n) is 11.1. The van der Waals surface area contributed by atoms with Crippen molar-refractivity contribution in [3.8, 4) is 0 Å². The zero-order valence-corrected chi connectivity index (χ0v) is 12.6. The van der Waals surface area contributed by atoms with E-state index in [1.165, 1.54) is 5.56 Å². The maximum absolute atomic E-state index is 10.9. The summed E-state index contributed by atoms with van der Waals surface area (Å²) in [4.78, 5) is 15.0. The van der Waals surface area contributed by atoms with Gasteiger partial charge in [-0.25, -0.2) is 4.79 Å². The van der Waals surface area contributed by atoms with Crippen LogP contribution in [0.1, 0.15) is 27.0 Å². The van der Waals surface area contributed by atoms with Crippen LogP contribution in [-0.4, -0.2) is 16.1 Å². The van der Waals surface area contributed by atoms with Crippen LogP contribution in [0.2, 0.25) is 0 Å². The molecule has 5 heteroatoms. The van der Waals surface area contributed by atoms with Gasteiger partial charge in [0.05, 0.1) is 5.56 Å². The molecule has 2 aromatic rings. The van der Waals surface area contributed by atoms with E-state index in [-0.39, 0.29) is 5.56 Å². The number of rotatable bonds is 5. The molecule has 0 unspecified atom stereocenters. The number of hydrogen-bond acceptors (Lipinski definition) is 3. The van der Waals surface area contributed by atoms with Gasteiger partial charge < -0.3 is 10.4 Å². The molecule has 0 aliphatic rings. The monoisotopic (exact) mass is 334 g/mol. The molecule has 0 saturated heterocycles. The normalized spacial score (nSPS) is 10.5. The van der Waals surface area contributed by atoms with Crippen LogP contribution in [0.3, 0.4) is 0 Å². The molecule has 0 aliphatic heterocycles. The first kappa shape index (κ1) is 14.7. The molecule has 0 aliphatic carbocycles. The Balaban J connectivity index is 1.98. The highest BCUT2D eigenvalue weighted by atomic mass is 79.9. The highest BCUT2D eigenvalue weighted by Crippen LogP contribution is 2.19. The third kappa shape index (κ3) is 3.65. The summed E-state index contributed by atoms with van der Waals surface area (Å²) in [6.45, 7) is 3.44. The van der Waals surface area contributed by atoms with Crippen molar-refractivity contribution in [1.29, 1.82) is 0 Å². The molecule has 0 radical (unpaired) electrons. The van der Waals surface area contributed by atoms with Crippen molar-refractivity contribution >= 4 is 21.9 Å². The molecule has 0 saturated carbocycles. The Morgan fingerprint density at radius 3 is 2.70 bits per heavy atom. The van der Waals surface area contributed by atoms with Crippen molar-refractivity contribution in [2.24, 2.45) is 0 Å². The predicted octanol–water partition coefficient (Wildman–Crippen LogP) is 3.14. The number of carboxylic acids is 1. The quantitative estimate of drug-likeness (QED) is 0.881. The second kappa shape index (κ2) is 6.63. The maximum atomic E-state index is 10.9. The number of carboxylic acid groups (broad SMARTS) is 1. The largest absolute Gasteiger partial charge is 0.478 e. The zero-order chi connectivity index (χ0) is 14.5. The van der Waals surface area contributed by atoms with Crippen molar-refractivity contribution in [1.82, 2.24) is 10.3 Å². The van der Waals surface area contributed by atoms with E-state index in [0.29, 0.717) is 6.54 Å². The van der Waals surface area contributed by atoms with Crippen LogP contribution in [-0.2, 0) is 13.1 Å². The van der Waals surface area contributed by atoms with Crippen LogP contribution in [0.4, 0.5) is 0 Å². The molecule has 0 amide bonds. The minimum Gasteiger partial charge on any atom is -0.478 e. The molecule has 1 aromatic heterocycles. The Labute approximate surface area is 126 Å². The standard InChI is InChI=1S/C15H15BrN2O2/c1-10-4-5-17-8-13(10)9-18-7-12-3-2-11(15(19)20)6-14(12)16/h2-6,8,18H,7,9H2,1H3,(H,19,20). The van der Waals surface area contributed by atoms with E-state index in [9.17, 15) is 4.79 Å². The Morgan fingerprint density at radius 2 is 2.05 bits per heavy atom. The lowest BCUT2D eigenvalue weighted by Crippen LogP contribution is -2.14. The highest BCUT2D eigenvalue weighted by molar-refractivity contribution is 9.10. The number of pyridine rings is 1. The summed E-state index contributed by atoms with van der Waals surface area (Å²) in [6, 6.07) is 7.03. The molecule has 104 valence electrons. The molecule has 0 spiro atoms. The Kier molecular flexibility index (Phi) is 4.87. The van der Waals surface area contributed by atoms with E-state index >= 15 is 0 Å². The third-order valence-corrected chi connectivity index (χ3v) is 3.82. The second-order valence-electron chi connectivity index (χ2n) is 4.52. The van der Waals surface area contributed by atoms with Crippen LogP contribution in [0.15, 0.2) is 41.1 Å². The van der Waals surface area contributed by atoms with Gasteiger partial charge in [-0.15, -0.1) is 0 Å². The summed E-state index contributed by atoms with van der Waals surface area (Å²) >= 11 is 3.40. The summed E-state index contributed by atoms with van der Waals surface area (Å²) in [6.07, 6.45) is 3.63. The molecule has 4 nitrogen and oxygen atoms in total. The van der Waals surface area contributed by atoms with Gasteiger partial charge in [0, 0.05) is 30.0 Å². The number of halogens is 1. The average molecular weight is 335 g/mol. The Morgan fingerprint density at radius 1 is 1.30 bits per heavy atom. The molecule has 0 bridgehead atoms. The fourth-order valence-electron chi connectivity index (χ4n) is 1.84. The Bertz CT molecular complexity index is 629. The second-order valence-corrected chi connectivity index (χ2v) is 5.37. The number of benzene rings is 1. The first-order chi connectivity index (χ1) is 9.58. The van der Waals surface area contributed by atoms with Gasteiger partial charge in [-0.1, -0.05) is 22.0 Å². The molecular weight excluding hydrogens is 320 g/mol.